The molecule has 0 aliphatic heterocycles. The van der Waals surface area contributed by atoms with E-state index < -0.39 is 0 Å². The Bertz CT molecular complexity index is 903. The first-order valence-corrected chi connectivity index (χ1v) is 10.4. The summed E-state index contributed by atoms with van der Waals surface area (Å²) in [4.78, 5) is 0. The molecular formula is C25H31ClFNO2. The number of rotatable bonds is 12. The number of fused-ring (bicyclic) bond motifs is 1. The Kier molecular flexibility index (Phi) is 10.6. The van der Waals surface area contributed by atoms with E-state index in [9.17, 15) is 4.39 Å². The molecule has 30 heavy (non-hydrogen) atoms. The molecule has 0 bridgehead atoms. The van der Waals surface area contributed by atoms with Crippen LogP contribution in [0.2, 0.25) is 0 Å². The summed E-state index contributed by atoms with van der Waals surface area (Å²) < 4.78 is 25.6. The predicted octanol–water partition coefficient (Wildman–Crippen LogP) is 6.28. The lowest BCUT2D eigenvalue weighted by molar-refractivity contribution is 0.128. The van der Waals surface area contributed by atoms with Crippen molar-refractivity contribution in [1.29, 1.82) is 0 Å². The van der Waals surface area contributed by atoms with Crippen molar-refractivity contribution in [2.45, 2.75) is 39.3 Å². The maximum atomic E-state index is 13.9. The van der Waals surface area contributed by atoms with Crippen molar-refractivity contribution >= 4 is 23.2 Å². The highest BCUT2D eigenvalue weighted by Gasteiger charge is 2.10. The average molecular weight is 432 g/mol. The number of unbranched alkanes of at least 4 members (excludes halogenated alkanes) is 1. The topological polar surface area (TPSA) is 30.5 Å². The second-order valence-electron chi connectivity index (χ2n) is 7.14. The molecule has 3 rings (SSSR count). The van der Waals surface area contributed by atoms with Crippen LogP contribution in [0.15, 0.2) is 60.7 Å². The Hall–Kier alpha value is -2.14. The number of benzene rings is 3. The van der Waals surface area contributed by atoms with Gasteiger partial charge in [-0.2, -0.15) is 0 Å². The molecule has 0 aliphatic carbocycles. The molecule has 0 spiro atoms. The van der Waals surface area contributed by atoms with E-state index in [4.69, 9.17) is 9.47 Å². The van der Waals surface area contributed by atoms with Gasteiger partial charge in [-0.3, -0.25) is 0 Å². The Labute approximate surface area is 185 Å². The summed E-state index contributed by atoms with van der Waals surface area (Å²) in [5, 5.41) is 5.83. The van der Waals surface area contributed by atoms with Crippen molar-refractivity contribution in [3.05, 3.63) is 77.6 Å². The third kappa shape index (κ3) is 6.98. The van der Waals surface area contributed by atoms with E-state index in [0.717, 1.165) is 55.7 Å². The molecule has 1 N–H and O–H groups in total. The van der Waals surface area contributed by atoms with Crippen molar-refractivity contribution < 1.29 is 13.9 Å². The van der Waals surface area contributed by atoms with Crippen molar-refractivity contribution in [2.24, 2.45) is 0 Å². The highest BCUT2D eigenvalue weighted by atomic mass is 35.5. The van der Waals surface area contributed by atoms with Gasteiger partial charge in [0.1, 0.15) is 18.2 Å². The second kappa shape index (κ2) is 13.2. The molecule has 3 aromatic rings. The Morgan fingerprint density at radius 1 is 0.900 bits per heavy atom. The van der Waals surface area contributed by atoms with Crippen LogP contribution < -0.4 is 10.1 Å². The van der Waals surface area contributed by atoms with Crippen molar-refractivity contribution in [3.8, 4) is 5.75 Å². The van der Waals surface area contributed by atoms with Gasteiger partial charge in [0.25, 0.3) is 0 Å². The first kappa shape index (κ1) is 24.1. The quantitative estimate of drug-likeness (QED) is 0.342. The van der Waals surface area contributed by atoms with Crippen LogP contribution in [0.1, 0.15) is 37.3 Å². The molecule has 5 heteroatoms. The lowest BCUT2D eigenvalue weighted by Gasteiger charge is -2.15. The highest BCUT2D eigenvalue weighted by molar-refractivity contribution is 5.87. The Balaban J connectivity index is 0.00000320. The minimum absolute atomic E-state index is 0. The van der Waals surface area contributed by atoms with E-state index in [1.807, 2.05) is 24.3 Å². The van der Waals surface area contributed by atoms with Crippen LogP contribution in [0.4, 0.5) is 4.39 Å². The Morgan fingerprint density at radius 3 is 2.50 bits per heavy atom. The minimum atomic E-state index is -0.240. The summed E-state index contributed by atoms with van der Waals surface area (Å²) in [5.41, 5.74) is 1.66. The van der Waals surface area contributed by atoms with E-state index in [1.165, 1.54) is 11.5 Å². The maximum absolute atomic E-state index is 13.9. The van der Waals surface area contributed by atoms with Crippen LogP contribution >= 0.6 is 12.4 Å². The third-order valence-electron chi connectivity index (χ3n) is 4.92. The van der Waals surface area contributed by atoms with Gasteiger partial charge in [0, 0.05) is 30.9 Å². The summed E-state index contributed by atoms with van der Waals surface area (Å²) in [7, 11) is 0. The molecule has 3 aromatic carbocycles. The molecular weight excluding hydrogens is 401 g/mol. The SMILES string of the molecule is CCCCOCCCNCc1c(OCc2ccccc2F)ccc2ccccc12.Cl. The van der Waals surface area contributed by atoms with Gasteiger partial charge in [-0.05, 0) is 42.3 Å². The van der Waals surface area contributed by atoms with E-state index in [1.54, 1.807) is 12.1 Å². The van der Waals surface area contributed by atoms with Gasteiger partial charge in [0.2, 0.25) is 0 Å². The molecule has 3 nitrogen and oxygen atoms in total. The molecule has 0 radical (unpaired) electrons. The van der Waals surface area contributed by atoms with Gasteiger partial charge < -0.3 is 14.8 Å². The van der Waals surface area contributed by atoms with Crippen LogP contribution in [0, 0.1) is 5.82 Å². The smallest absolute Gasteiger partial charge is 0.129 e. The number of nitrogens with one attached hydrogen (secondary N) is 1. The fourth-order valence-electron chi connectivity index (χ4n) is 3.27. The van der Waals surface area contributed by atoms with Gasteiger partial charge in [-0.25, -0.2) is 4.39 Å². The standard InChI is InChI=1S/C25H30FNO2.ClH/c1-2-3-16-28-17-8-15-27-18-23-22-11-6-4-9-20(22)13-14-25(23)29-19-21-10-5-7-12-24(21)26;/h4-7,9-14,27H,2-3,8,15-19H2,1H3;1H. The molecule has 0 aliphatic rings. The van der Waals surface area contributed by atoms with E-state index in [2.05, 4.69) is 30.4 Å². The molecule has 0 unspecified atom stereocenters. The average Bonchev–Trinajstić information content (AvgIpc) is 2.75. The van der Waals surface area contributed by atoms with Gasteiger partial charge in [0.15, 0.2) is 0 Å². The normalized spacial score (nSPS) is 10.7. The number of halogens is 2. The number of hydrogen-bond acceptors (Lipinski definition) is 3. The molecule has 162 valence electrons. The third-order valence-corrected chi connectivity index (χ3v) is 4.92. The van der Waals surface area contributed by atoms with Crippen molar-refractivity contribution in [2.75, 3.05) is 19.8 Å². The summed E-state index contributed by atoms with van der Waals surface area (Å²) >= 11 is 0. The van der Waals surface area contributed by atoms with Crippen LogP contribution in [0.5, 0.6) is 5.75 Å². The predicted molar refractivity (Wildman–Crippen MR) is 124 cm³/mol. The van der Waals surface area contributed by atoms with Crippen molar-refractivity contribution in [3.63, 3.8) is 0 Å². The van der Waals surface area contributed by atoms with Gasteiger partial charge in [-0.1, -0.05) is 61.9 Å². The van der Waals surface area contributed by atoms with Crippen LogP contribution in [-0.4, -0.2) is 19.8 Å². The zero-order chi connectivity index (χ0) is 20.3. The van der Waals surface area contributed by atoms with E-state index in [0.29, 0.717) is 12.1 Å². The molecule has 0 atom stereocenters. The lowest BCUT2D eigenvalue weighted by Crippen LogP contribution is -2.17. The van der Waals surface area contributed by atoms with Crippen molar-refractivity contribution in [1.82, 2.24) is 5.32 Å². The minimum Gasteiger partial charge on any atom is -0.488 e. The Morgan fingerprint density at radius 2 is 1.67 bits per heavy atom. The lowest BCUT2D eigenvalue weighted by atomic mass is 10.0. The summed E-state index contributed by atoms with van der Waals surface area (Å²) in [6, 6.07) is 19.0. The summed E-state index contributed by atoms with van der Waals surface area (Å²) in [6.07, 6.45) is 3.25. The molecule has 0 heterocycles. The zero-order valence-electron chi connectivity index (χ0n) is 17.5. The highest BCUT2D eigenvalue weighted by Crippen LogP contribution is 2.29. The van der Waals surface area contributed by atoms with Crippen LogP contribution in [0.3, 0.4) is 0 Å². The number of ether oxygens (including phenoxy) is 2. The first-order chi connectivity index (χ1) is 14.3. The zero-order valence-corrected chi connectivity index (χ0v) is 18.3. The second-order valence-corrected chi connectivity index (χ2v) is 7.14. The van der Waals surface area contributed by atoms with Gasteiger partial charge >= 0.3 is 0 Å². The fourth-order valence-corrected chi connectivity index (χ4v) is 3.27. The van der Waals surface area contributed by atoms with Crippen LogP contribution in [-0.2, 0) is 17.9 Å². The molecule has 0 fully saturated rings. The molecule has 0 amide bonds. The van der Waals surface area contributed by atoms with Gasteiger partial charge in [-0.15, -0.1) is 12.4 Å². The summed E-state index contributed by atoms with van der Waals surface area (Å²) in [6.45, 7) is 5.57. The van der Waals surface area contributed by atoms with Crippen LogP contribution in [0.25, 0.3) is 10.8 Å². The maximum Gasteiger partial charge on any atom is 0.129 e. The molecule has 0 saturated heterocycles. The molecule has 0 aromatic heterocycles. The first-order valence-electron chi connectivity index (χ1n) is 10.4. The molecule has 0 saturated carbocycles. The largest absolute Gasteiger partial charge is 0.488 e. The van der Waals surface area contributed by atoms with E-state index >= 15 is 0 Å². The van der Waals surface area contributed by atoms with Gasteiger partial charge in [0.05, 0.1) is 0 Å². The van der Waals surface area contributed by atoms with E-state index in [-0.39, 0.29) is 24.8 Å². The number of hydrogen-bond donors (Lipinski definition) is 1. The fraction of sp³-hybridized carbons (Fsp3) is 0.360. The monoisotopic (exact) mass is 431 g/mol. The summed E-state index contributed by atoms with van der Waals surface area (Å²) in [5.74, 6) is 0.551.